The Morgan fingerprint density at radius 1 is 1.05 bits per heavy atom. The van der Waals surface area contributed by atoms with E-state index >= 15 is 0 Å². The lowest BCUT2D eigenvalue weighted by Crippen LogP contribution is -2.48. The molecule has 0 bridgehead atoms. The number of rotatable bonds is 8. The van der Waals surface area contributed by atoms with E-state index < -0.39 is 5.82 Å². The number of hydrogen-bond acceptors (Lipinski definition) is 4. The zero-order chi connectivity index (χ0) is 27.2. The van der Waals surface area contributed by atoms with Crippen LogP contribution >= 0.6 is 11.6 Å². The molecule has 1 unspecified atom stereocenters. The molecule has 7 nitrogen and oxygen atoms in total. The number of urea groups is 1. The second kappa shape index (κ2) is 12.9. The quantitative estimate of drug-likeness (QED) is 0.486. The zero-order valence-electron chi connectivity index (χ0n) is 22.6. The number of anilines is 2. The first kappa shape index (κ1) is 28.3. The van der Waals surface area contributed by atoms with Crippen LogP contribution in [-0.2, 0) is 17.6 Å². The van der Waals surface area contributed by atoms with Crippen LogP contribution < -0.4 is 10.6 Å². The van der Waals surface area contributed by atoms with Crippen molar-refractivity contribution in [2.24, 2.45) is 5.92 Å². The highest BCUT2D eigenvalue weighted by atomic mass is 35.5. The fraction of sp³-hybridized carbons (Fsp3) is 0.517. The van der Waals surface area contributed by atoms with Crippen LogP contribution in [0.3, 0.4) is 0 Å². The molecule has 3 amide bonds. The number of aryl methyl sites for hydroxylation is 1. The van der Waals surface area contributed by atoms with Gasteiger partial charge >= 0.3 is 6.03 Å². The Bertz CT molecular complexity index is 1140. The molecule has 1 saturated heterocycles. The molecule has 0 saturated carbocycles. The van der Waals surface area contributed by atoms with Crippen molar-refractivity contribution in [1.82, 2.24) is 14.7 Å². The van der Waals surface area contributed by atoms with Gasteiger partial charge in [-0.05, 0) is 80.7 Å². The normalized spacial score (nSPS) is 18.2. The van der Waals surface area contributed by atoms with E-state index in [0.717, 1.165) is 63.2 Å². The van der Waals surface area contributed by atoms with Crippen LogP contribution in [0.4, 0.5) is 20.6 Å². The van der Waals surface area contributed by atoms with Gasteiger partial charge in [-0.1, -0.05) is 31.5 Å². The van der Waals surface area contributed by atoms with Crippen molar-refractivity contribution in [3.05, 3.63) is 58.4 Å². The molecular weight excluding hydrogens is 505 g/mol. The SMILES string of the molecule is CC(C)C(=O)Nc1ccc2c(c1)CC(N(CCCN1CCN(C)CC1)C(=O)Nc1ccc(F)c(Cl)c1)CC2. The highest BCUT2D eigenvalue weighted by molar-refractivity contribution is 6.31. The Labute approximate surface area is 230 Å². The van der Waals surface area contributed by atoms with E-state index in [4.69, 9.17) is 11.6 Å². The predicted molar refractivity (Wildman–Crippen MR) is 151 cm³/mol. The third kappa shape index (κ3) is 7.46. The molecule has 9 heteroatoms. The average molecular weight is 544 g/mol. The molecule has 2 N–H and O–H groups in total. The molecule has 206 valence electrons. The van der Waals surface area contributed by atoms with Crippen molar-refractivity contribution >= 4 is 34.9 Å². The molecule has 1 aliphatic heterocycles. The lowest BCUT2D eigenvalue weighted by molar-refractivity contribution is -0.118. The third-order valence-corrected chi connectivity index (χ3v) is 7.83. The number of halogens is 2. The average Bonchev–Trinajstić information content (AvgIpc) is 2.89. The van der Waals surface area contributed by atoms with Gasteiger partial charge in [0.1, 0.15) is 5.82 Å². The van der Waals surface area contributed by atoms with E-state index in [2.05, 4.69) is 33.5 Å². The largest absolute Gasteiger partial charge is 0.326 e. The molecule has 0 spiro atoms. The van der Waals surface area contributed by atoms with Gasteiger partial charge in [-0.3, -0.25) is 4.79 Å². The Morgan fingerprint density at radius 3 is 2.47 bits per heavy atom. The Balaban J connectivity index is 1.47. The minimum Gasteiger partial charge on any atom is -0.326 e. The van der Waals surface area contributed by atoms with Crippen LogP contribution in [0.15, 0.2) is 36.4 Å². The Kier molecular flexibility index (Phi) is 9.63. The highest BCUT2D eigenvalue weighted by Gasteiger charge is 2.28. The Morgan fingerprint density at radius 2 is 1.76 bits per heavy atom. The van der Waals surface area contributed by atoms with Crippen LogP contribution in [0.5, 0.6) is 0 Å². The van der Waals surface area contributed by atoms with Crippen molar-refractivity contribution in [3.63, 3.8) is 0 Å². The molecule has 1 atom stereocenters. The van der Waals surface area contributed by atoms with E-state index in [1.165, 1.54) is 23.8 Å². The van der Waals surface area contributed by atoms with Gasteiger partial charge < -0.3 is 25.3 Å². The molecule has 0 radical (unpaired) electrons. The number of fused-ring (bicyclic) bond motifs is 1. The zero-order valence-corrected chi connectivity index (χ0v) is 23.4. The molecule has 1 aliphatic carbocycles. The molecule has 2 aromatic rings. The fourth-order valence-corrected chi connectivity index (χ4v) is 5.30. The van der Waals surface area contributed by atoms with Gasteiger partial charge in [0.25, 0.3) is 0 Å². The van der Waals surface area contributed by atoms with Crippen LogP contribution in [0.25, 0.3) is 0 Å². The van der Waals surface area contributed by atoms with Gasteiger partial charge in [-0.15, -0.1) is 0 Å². The number of hydrogen-bond donors (Lipinski definition) is 2. The minimum absolute atomic E-state index is 0.0137. The number of nitrogens with one attached hydrogen (secondary N) is 2. The van der Waals surface area contributed by atoms with Crippen LogP contribution in [-0.4, -0.2) is 79.0 Å². The van der Waals surface area contributed by atoms with Crippen LogP contribution in [0, 0.1) is 11.7 Å². The van der Waals surface area contributed by atoms with Crippen molar-refractivity contribution in [2.45, 2.75) is 45.6 Å². The van der Waals surface area contributed by atoms with Gasteiger partial charge in [0.05, 0.1) is 5.02 Å². The molecule has 2 aromatic carbocycles. The first-order valence-electron chi connectivity index (χ1n) is 13.6. The number of carbonyl (C=O) groups excluding carboxylic acids is 2. The van der Waals surface area contributed by atoms with Gasteiger partial charge in [0.2, 0.25) is 5.91 Å². The number of benzene rings is 2. The number of carbonyl (C=O) groups is 2. The highest BCUT2D eigenvalue weighted by Crippen LogP contribution is 2.28. The molecule has 0 aromatic heterocycles. The number of amides is 3. The fourth-order valence-electron chi connectivity index (χ4n) is 5.12. The lowest BCUT2D eigenvalue weighted by Gasteiger charge is -2.37. The topological polar surface area (TPSA) is 67.9 Å². The summed E-state index contributed by atoms with van der Waals surface area (Å²) in [4.78, 5) is 32.5. The van der Waals surface area contributed by atoms with Gasteiger partial charge in [0.15, 0.2) is 0 Å². The monoisotopic (exact) mass is 543 g/mol. The van der Waals surface area contributed by atoms with Crippen molar-refractivity contribution in [1.29, 1.82) is 0 Å². The maximum atomic E-state index is 13.7. The smallest absolute Gasteiger partial charge is 0.322 e. The second-order valence-electron chi connectivity index (χ2n) is 10.8. The standard InChI is InChI=1S/C29H39ClFN5O2/c1-20(2)28(37)32-23-7-5-21-6-9-25(18-22(21)17-23)36(12-4-11-35-15-13-34(3)14-16-35)29(38)33-24-8-10-27(31)26(30)19-24/h5,7-8,10,17,19-20,25H,4,6,9,11-16,18H2,1-3H3,(H,32,37)(H,33,38). The molecule has 2 aliphatic rings. The van der Waals surface area contributed by atoms with E-state index in [-0.39, 0.29) is 28.9 Å². The van der Waals surface area contributed by atoms with E-state index in [0.29, 0.717) is 18.7 Å². The van der Waals surface area contributed by atoms with Crippen molar-refractivity contribution < 1.29 is 14.0 Å². The summed E-state index contributed by atoms with van der Waals surface area (Å²) in [5.41, 5.74) is 3.67. The van der Waals surface area contributed by atoms with Crippen LogP contribution in [0.1, 0.15) is 37.8 Å². The summed E-state index contributed by atoms with van der Waals surface area (Å²) in [5.74, 6) is -0.628. The van der Waals surface area contributed by atoms with Crippen molar-refractivity contribution in [2.75, 3.05) is 56.9 Å². The van der Waals surface area contributed by atoms with Gasteiger partial charge in [-0.2, -0.15) is 0 Å². The number of nitrogens with zero attached hydrogens (tertiary/aromatic N) is 3. The number of likely N-dealkylation sites (N-methyl/N-ethyl adjacent to an activating group) is 1. The molecule has 38 heavy (non-hydrogen) atoms. The molecule has 1 heterocycles. The van der Waals surface area contributed by atoms with E-state index in [9.17, 15) is 14.0 Å². The van der Waals surface area contributed by atoms with Gasteiger partial charge in [-0.25, -0.2) is 9.18 Å². The Hall–Kier alpha value is -2.68. The summed E-state index contributed by atoms with van der Waals surface area (Å²) in [6.45, 7) is 9.51. The summed E-state index contributed by atoms with van der Waals surface area (Å²) in [6.07, 6.45) is 3.31. The second-order valence-corrected chi connectivity index (χ2v) is 11.2. The maximum absolute atomic E-state index is 13.7. The summed E-state index contributed by atoms with van der Waals surface area (Å²) in [7, 11) is 2.14. The maximum Gasteiger partial charge on any atom is 0.322 e. The minimum atomic E-state index is -0.516. The molecule has 1 fully saturated rings. The third-order valence-electron chi connectivity index (χ3n) is 7.54. The summed E-state index contributed by atoms with van der Waals surface area (Å²) in [5, 5.41) is 5.90. The number of piperazine rings is 1. The lowest BCUT2D eigenvalue weighted by atomic mass is 9.87. The first-order valence-corrected chi connectivity index (χ1v) is 13.9. The van der Waals surface area contributed by atoms with E-state index in [1.54, 1.807) is 0 Å². The van der Waals surface area contributed by atoms with Crippen molar-refractivity contribution in [3.8, 4) is 0 Å². The first-order chi connectivity index (χ1) is 18.2. The van der Waals surface area contributed by atoms with Crippen LogP contribution in [0.2, 0.25) is 5.02 Å². The van der Waals surface area contributed by atoms with Gasteiger partial charge in [0, 0.05) is 56.1 Å². The van der Waals surface area contributed by atoms with E-state index in [1.807, 2.05) is 30.9 Å². The summed E-state index contributed by atoms with van der Waals surface area (Å²) < 4.78 is 13.7. The molecular formula is C29H39ClFN5O2. The predicted octanol–water partition coefficient (Wildman–Crippen LogP) is 5.10. The summed E-state index contributed by atoms with van der Waals surface area (Å²) >= 11 is 5.95. The summed E-state index contributed by atoms with van der Waals surface area (Å²) in [6, 6.07) is 10.1. The molecule has 4 rings (SSSR count).